The number of furan rings is 1. The standard InChI is InChI=1S/C16H18N2O4/c1-2-22-16(20)6-5-15(19)18-10-12-3-4-14(17-9-12)13-7-8-21-11-13/h3-4,7-9,11H,2,5-6,10H2,1H3,(H,18,19). The van der Waals surface area contributed by atoms with E-state index in [0.29, 0.717) is 13.2 Å². The van der Waals surface area contributed by atoms with Crippen LogP contribution in [0.3, 0.4) is 0 Å². The lowest BCUT2D eigenvalue weighted by Crippen LogP contribution is -2.23. The largest absolute Gasteiger partial charge is 0.472 e. The van der Waals surface area contributed by atoms with E-state index in [1.165, 1.54) is 0 Å². The normalized spacial score (nSPS) is 10.2. The van der Waals surface area contributed by atoms with E-state index in [0.717, 1.165) is 16.8 Å². The monoisotopic (exact) mass is 302 g/mol. The molecule has 2 aromatic rings. The first-order chi connectivity index (χ1) is 10.7. The molecule has 0 spiro atoms. The van der Waals surface area contributed by atoms with Crippen molar-refractivity contribution in [3.05, 3.63) is 42.5 Å². The average Bonchev–Trinajstić information content (AvgIpc) is 3.06. The molecule has 2 rings (SSSR count). The molecule has 0 aliphatic rings. The Labute approximate surface area is 128 Å². The average molecular weight is 302 g/mol. The van der Waals surface area contributed by atoms with Crippen molar-refractivity contribution in [3.63, 3.8) is 0 Å². The van der Waals surface area contributed by atoms with E-state index in [9.17, 15) is 9.59 Å². The Morgan fingerprint density at radius 1 is 1.27 bits per heavy atom. The van der Waals surface area contributed by atoms with Crippen molar-refractivity contribution in [1.82, 2.24) is 10.3 Å². The molecule has 0 fully saturated rings. The van der Waals surface area contributed by atoms with Crippen LogP contribution in [-0.4, -0.2) is 23.5 Å². The summed E-state index contributed by atoms with van der Waals surface area (Å²) in [5.41, 5.74) is 2.60. The van der Waals surface area contributed by atoms with Crippen LogP contribution < -0.4 is 5.32 Å². The van der Waals surface area contributed by atoms with Gasteiger partial charge in [0.1, 0.15) is 0 Å². The Morgan fingerprint density at radius 3 is 2.77 bits per heavy atom. The molecule has 0 saturated carbocycles. The summed E-state index contributed by atoms with van der Waals surface area (Å²) in [4.78, 5) is 27.1. The number of carbonyl (C=O) groups is 2. The molecular weight excluding hydrogens is 284 g/mol. The molecule has 0 aliphatic heterocycles. The molecular formula is C16H18N2O4. The number of carbonyl (C=O) groups excluding carboxylic acids is 2. The van der Waals surface area contributed by atoms with Gasteiger partial charge in [-0.05, 0) is 24.6 Å². The third-order valence-corrected chi connectivity index (χ3v) is 2.99. The van der Waals surface area contributed by atoms with Crippen LogP contribution in [0, 0.1) is 0 Å². The maximum absolute atomic E-state index is 11.6. The number of nitrogens with one attached hydrogen (secondary N) is 1. The molecule has 2 heterocycles. The third kappa shape index (κ3) is 4.73. The van der Waals surface area contributed by atoms with Gasteiger partial charge in [-0.3, -0.25) is 14.6 Å². The van der Waals surface area contributed by atoms with Crippen molar-refractivity contribution in [2.75, 3.05) is 6.61 Å². The van der Waals surface area contributed by atoms with Crippen molar-refractivity contribution in [2.45, 2.75) is 26.3 Å². The fourth-order valence-electron chi connectivity index (χ4n) is 1.85. The lowest BCUT2D eigenvalue weighted by Gasteiger charge is -2.06. The van der Waals surface area contributed by atoms with Crippen LogP contribution in [-0.2, 0) is 20.9 Å². The molecule has 22 heavy (non-hydrogen) atoms. The van der Waals surface area contributed by atoms with E-state index in [1.54, 1.807) is 25.6 Å². The highest BCUT2D eigenvalue weighted by Crippen LogP contribution is 2.16. The minimum atomic E-state index is -0.358. The van der Waals surface area contributed by atoms with Crippen molar-refractivity contribution < 1.29 is 18.7 Å². The van der Waals surface area contributed by atoms with Gasteiger partial charge in [-0.25, -0.2) is 0 Å². The van der Waals surface area contributed by atoms with Crippen molar-refractivity contribution in [2.24, 2.45) is 0 Å². The first kappa shape index (κ1) is 15.8. The number of esters is 1. The maximum Gasteiger partial charge on any atom is 0.306 e. The zero-order chi connectivity index (χ0) is 15.8. The molecule has 0 unspecified atom stereocenters. The first-order valence-electron chi connectivity index (χ1n) is 7.09. The summed E-state index contributed by atoms with van der Waals surface area (Å²) in [6, 6.07) is 5.59. The SMILES string of the molecule is CCOC(=O)CCC(=O)NCc1ccc(-c2ccoc2)nc1. The molecule has 6 nitrogen and oxygen atoms in total. The number of hydrogen-bond donors (Lipinski definition) is 1. The number of pyridine rings is 1. The van der Waals surface area contributed by atoms with Crippen LogP contribution in [0.1, 0.15) is 25.3 Å². The molecule has 0 saturated heterocycles. The number of amides is 1. The summed E-state index contributed by atoms with van der Waals surface area (Å²) in [5, 5.41) is 2.75. The van der Waals surface area contributed by atoms with E-state index in [2.05, 4.69) is 10.3 Å². The Bertz CT molecular complexity index is 606. The third-order valence-electron chi connectivity index (χ3n) is 2.99. The Morgan fingerprint density at radius 2 is 2.14 bits per heavy atom. The van der Waals surface area contributed by atoms with Crippen LogP contribution in [0.2, 0.25) is 0 Å². The predicted octanol–water partition coefficient (Wildman–Crippen LogP) is 2.30. The van der Waals surface area contributed by atoms with Crippen LogP contribution in [0.15, 0.2) is 41.3 Å². The van der Waals surface area contributed by atoms with Gasteiger partial charge in [0.2, 0.25) is 5.91 Å². The number of aromatic nitrogens is 1. The first-order valence-corrected chi connectivity index (χ1v) is 7.09. The second-order valence-corrected chi connectivity index (χ2v) is 4.65. The molecule has 2 aromatic heterocycles. The molecule has 0 radical (unpaired) electrons. The summed E-state index contributed by atoms with van der Waals surface area (Å²) in [5.74, 6) is -0.546. The summed E-state index contributed by atoms with van der Waals surface area (Å²) in [7, 11) is 0. The highest BCUT2D eigenvalue weighted by molar-refractivity contribution is 5.81. The number of nitrogens with zero attached hydrogens (tertiary/aromatic N) is 1. The van der Waals surface area contributed by atoms with Gasteiger partial charge in [0, 0.05) is 24.7 Å². The minimum absolute atomic E-state index is 0.0946. The van der Waals surface area contributed by atoms with E-state index in [-0.39, 0.29) is 24.7 Å². The Hall–Kier alpha value is -2.63. The van der Waals surface area contributed by atoms with Gasteiger partial charge < -0.3 is 14.5 Å². The molecule has 0 atom stereocenters. The van der Waals surface area contributed by atoms with Gasteiger partial charge in [0.05, 0.1) is 31.2 Å². The van der Waals surface area contributed by atoms with Crippen molar-refractivity contribution in [1.29, 1.82) is 0 Å². The molecule has 0 aliphatic carbocycles. The van der Waals surface area contributed by atoms with E-state index < -0.39 is 0 Å². The summed E-state index contributed by atoms with van der Waals surface area (Å²) >= 11 is 0. The van der Waals surface area contributed by atoms with Gasteiger partial charge in [-0.1, -0.05) is 6.07 Å². The van der Waals surface area contributed by atoms with Crippen LogP contribution in [0.25, 0.3) is 11.3 Å². The highest BCUT2D eigenvalue weighted by Gasteiger charge is 2.07. The predicted molar refractivity (Wildman–Crippen MR) is 79.7 cm³/mol. The summed E-state index contributed by atoms with van der Waals surface area (Å²) < 4.78 is 9.77. The molecule has 1 amide bonds. The second kappa shape index (κ2) is 7.97. The smallest absolute Gasteiger partial charge is 0.306 e. The fraction of sp³-hybridized carbons (Fsp3) is 0.312. The zero-order valence-corrected chi connectivity index (χ0v) is 12.4. The van der Waals surface area contributed by atoms with Gasteiger partial charge in [-0.15, -0.1) is 0 Å². The summed E-state index contributed by atoms with van der Waals surface area (Å²) in [6.45, 7) is 2.44. The van der Waals surface area contributed by atoms with Gasteiger partial charge in [0.15, 0.2) is 0 Å². The highest BCUT2D eigenvalue weighted by atomic mass is 16.5. The topological polar surface area (TPSA) is 81.4 Å². The van der Waals surface area contributed by atoms with Crippen LogP contribution in [0.4, 0.5) is 0 Å². The molecule has 6 heteroatoms. The lowest BCUT2D eigenvalue weighted by atomic mass is 10.2. The second-order valence-electron chi connectivity index (χ2n) is 4.65. The minimum Gasteiger partial charge on any atom is -0.472 e. The summed E-state index contributed by atoms with van der Waals surface area (Å²) in [6.07, 6.45) is 5.14. The molecule has 1 N–H and O–H groups in total. The number of rotatable bonds is 7. The van der Waals surface area contributed by atoms with Gasteiger partial charge in [0.25, 0.3) is 0 Å². The van der Waals surface area contributed by atoms with Crippen LogP contribution >= 0.6 is 0 Å². The fourth-order valence-corrected chi connectivity index (χ4v) is 1.85. The van der Waals surface area contributed by atoms with Gasteiger partial charge in [-0.2, -0.15) is 0 Å². The maximum atomic E-state index is 11.6. The van der Waals surface area contributed by atoms with Gasteiger partial charge >= 0.3 is 5.97 Å². The Balaban J connectivity index is 1.77. The van der Waals surface area contributed by atoms with E-state index >= 15 is 0 Å². The number of hydrogen-bond acceptors (Lipinski definition) is 5. The van der Waals surface area contributed by atoms with Crippen molar-refractivity contribution >= 4 is 11.9 Å². The zero-order valence-electron chi connectivity index (χ0n) is 12.4. The van der Waals surface area contributed by atoms with Crippen LogP contribution in [0.5, 0.6) is 0 Å². The molecule has 0 bridgehead atoms. The number of ether oxygens (including phenoxy) is 1. The van der Waals surface area contributed by atoms with E-state index in [1.807, 2.05) is 18.2 Å². The van der Waals surface area contributed by atoms with E-state index in [4.69, 9.17) is 9.15 Å². The lowest BCUT2D eigenvalue weighted by molar-refractivity contribution is -0.144. The molecule has 116 valence electrons. The Kier molecular flexibility index (Phi) is 5.71. The molecule has 0 aromatic carbocycles. The quantitative estimate of drug-likeness (QED) is 0.794. The van der Waals surface area contributed by atoms with Crippen molar-refractivity contribution in [3.8, 4) is 11.3 Å².